The first kappa shape index (κ1) is 16.6. The van der Waals surface area contributed by atoms with E-state index in [1.165, 1.54) is 14.1 Å². The molecule has 0 unspecified atom stereocenters. The number of nitrogens with one attached hydrogen (secondary N) is 1. The fourth-order valence-corrected chi connectivity index (χ4v) is 2.93. The number of aromatic nitrogens is 3. The Hall–Kier alpha value is -2.29. The molecule has 0 aliphatic carbocycles. The molecule has 0 atom stereocenters. The average molecular weight is 345 g/mol. The predicted octanol–water partition coefficient (Wildman–Crippen LogP) is 1.38. The number of fused-ring (bicyclic) bond motifs is 1. The number of hydrogen-bond acceptors (Lipinski definition) is 4. The summed E-state index contributed by atoms with van der Waals surface area (Å²) in [6, 6.07) is 13.6. The first-order valence-electron chi connectivity index (χ1n) is 7.48. The van der Waals surface area contributed by atoms with E-state index in [1.54, 1.807) is 6.20 Å². The summed E-state index contributed by atoms with van der Waals surface area (Å²) in [5.41, 5.74) is 2.58. The van der Waals surface area contributed by atoms with Crippen LogP contribution in [0.1, 0.15) is 11.4 Å². The van der Waals surface area contributed by atoms with E-state index in [9.17, 15) is 8.42 Å². The molecule has 2 heterocycles. The molecule has 24 heavy (non-hydrogen) atoms. The highest BCUT2D eigenvalue weighted by Gasteiger charge is 2.17. The van der Waals surface area contributed by atoms with Gasteiger partial charge in [-0.05, 0) is 17.7 Å². The second kappa shape index (κ2) is 6.68. The molecule has 2 aromatic heterocycles. The summed E-state index contributed by atoms with van der Waals surface area (Å²) in [6.45, 7) is 0.678. The molecular formula is C16H19N5O2S. The lowest BCUT2D eigenvalue weighted by molar-refractivity contribution is 0.502. The average Bonchev–Trinajstić information content (AvgIpc) is 2.92. The number of nitrogens with zero attached hydrogens (tertiary/aromatic N) is 4. The first-order chi connectivity index (χ1) is 11.5. The minimum absolute atomic E-state index is 0.101. The smallest absolute Gasteiger partial charge is 0.279 e. The Balaban J connectivity index is 1.96. The van der Waals surface area contributed by atoms with Crippen LogP contribution in [0.2, 0.25) is 0 Å². The van der Waals surface area contributed by atoms with Gasteiger partial charge in [-0.2, -0.15) is 17.4 Å². The summed E-state index contributed by atoms with van der Waals surface area (Å²) in [4.78, 5) is 8.92. The van der Waals surface area contributed by atoms with Crippen molar-refractivity contribution in [2.75, 3.05) is 14.1 Å². The van der Waals surface area contributed by atoms with Crippen molar-refractivity contribution in [2.45, 2.75) is 13.1 Å². The Labute approximate surface area is 141 Å². The van der Waals surface area contributed by atoms with E-state index in [4.69, 9.17) is 0 Å². The van der Waals surface area contributed by atoms with Crippen molar-refractivity contribution in [3.05, 3.63) is 60.0 Å². The molecule has 0 spiro atoms. The van der Waals surface area contributed by atoms with Crippen LogP contribution >= 0.6 is 0 Å². The number of imidazole rings is 1. The molecule has 126 valence electrons. The molecule has 0 fully saturated rings. The van der Waals surface area contributed by atoms with Crippen LogP contribution in [-0.4, -0.2) is 41.4 Å². The Morgan fingerprint density at radius 2 is 1.88 bits per heavy atom. The summed E-state index contributed by atoms with van der Waals surface area (Å²) >= 11 is 0. The number of benzene rings is 1. The van der Waals surface area contributed by atoms with Crippen molar-refractivity contribution < 1.29 is 8.42 Å². The van der Waals surface area contributed by atoms with Gasteiger partial charge >= 0.3 is 0 Å². The zero-order chi connectivity index (χ0) is 17.2. The highest BCUT2D eigenvalue weighted by molar-refractivity contribution is 7.87. The number of pyridine rings is 1. The van der Waals surface area contributed by atoms with E-state index in [1.807, 2.05) is 47.0 Å². The molecule has 8 heteroatoms. The fraction of sp³-hybridized carbons (Fsp3) is 0.250. The molecule has 1 aromatic carbocycles. The molecule has 0 saturated carbocycles. The molecule has 3 rings (SSSR count). The van der Waals surface area contributed by atoms with Crippen LogP contribution in [0.3, 0.4) is 0 Å². The van der Waals surface area contributed by atoms with Crippen molar-refractivity contribution in [1.29, 1.82) is 0 Å². The molecule has 0 saturated heterocycles. The largest absolute Gasteiger partial charge is 0.307 e. The third-order valence-electron chi connectivity index (χ3n) is 3.66. The molecule has 0 aliphatic rings. The maximum Gasteiger partial charge on any atom is 0.279 e. The van der Waals surface area contributed by atoms with Gasteiger partial charge in [-0.25, -0.2) is 9.97 Å². The van der Waals surface area contributed by atoms with E-state index in [0.717, 1.165) is 21.0 Å². The first-order valence-corrected chi connectivity index (χ1v) is 8.92. The van der Waals surface area contributed by atoms with Crippen LogP contribution in [-0.2, 0) is 23.3 Å². The zero-order valence-corrected chi connectivity index (χ0v) is 14.4. The Kier molecular flexibility index (Phi) is 4.61. The number of hydrogen-bond donors (Lipinski definition) is 1. The van der Waals surface area contributed by atoms with Gasteiger partial charge in [0, 0.05) is 20.3 Å². The SMILES string of the molecule is CN(C)S(=O)(=O)NCc1nc2cccnc2n1Cc1ccccc1. The maximum absolute atomic E-state index is 12.0. The maximum atomic E-state index is 12.0. The normalized spacial score (nSPS) is 12.1. The molecule has 7 nitrogen and oxygen atoms in total. The van der Waals surface area contributed by atoms with Crippen LogP contribution in [0.25, 0.3) is 11.2 Å². The summed E-state index contributed by atoms with van der Waals surface area (Å²) < 4.78 is 29.5. The molecule has 0 amide bonds. The highest BCUT2D eigenvalue weighted by Crippen LogP contribution is 2.16. The topological polar surface area (TPSA) is 80.1 Å². The second-order valence-corrected chi connectivity index (χ2v) is 7.52. The summed E-state index contributed by atoms with van der Waals surface area (Å²) in [7, 11) is -0.548. The number of rotatable bonds is 6. The summed E-state index contributed by atoms with van der Waals surface area (Å²) in [5.74, 6) is 0.623. The van der Waals surface area contributed by atoms with Crippen molar-refractivity contribution in [1.82, 2.24) is 23.6 Å². The van der Waals surface area contributed by atoms with Gasteiger partial charge in [0.25, 0.3) is 10.2 Å². The quantitative estimate of drug-likeness (QED) is 0.732. The van der Waals surface area contributed by atoms with Crippen molar-refractivity contribution >= 4 is 21.4 Å². The van der Waals surface area contributed by atoms with Gasteiger partial charge < -0.3 is 4.57 Å². The zero-order valence-electron chi connectivity index (χ0n) is 13.5. The summed E-state index contributed by atoms with van der Waals surface area (Å²) in [5, 5.41) is 0. The van der Waals surface area contributed by atoms with E-state index < -0.39 is 10.2 Å². The summed E-state index contributed by atoms with van der Waals surface area (Å²) in [6.07, 6.45) is 1.71. The van der Waals surface area contributed by atoms with Gasteiger partial charge in [-0.3, -0.25) is 0 Å². The van der Waals surface area contributed by atoms with Gasteiger partial charge in [0.2, 0.25) is 0 Å². The third kappa shape index (κ3) is 3.45. The second-order valence-electron chi connectivity index (χ2n) is 5.55. The molecule has 3 aromatic rings. The van der Waals surface area contributed by atoms with Crippen LogP contribution in [0.15, 0.2) is 48.7 Å². The van der Waals surface area contributed by atoms with E-state index in [2.05, 4.69) is 14.7 Å². The van der Waals surface area contributed by atoms with E-state index in [-0.39, 0.29) is 6.54 Å². The minimum Gasteiger partial charge on any atom is -0.307 e. The fourth-order valence-electron chi connectivity index (χ4n) is 2.36. The third-order valence-corrected chi connectivity index (χ3v) is 5.13. The Morgan fingerprint density at radius 3 is 2.58 bits per heavy atom. The van der Waals surface area contributed by atoms with E-state index in [0.29, 0.717) is 12.4 Å². The van der Waals surface area contributed by atoms with E-state index >= 15 is 0 Å². The van der Waals surface area contributed by atoms with Gasteiger partial charge in [0.15, 0.2) is 5.65 Å². The van der Waals surface area contributed by atoms with Crippen molar-refractivity contribution in [2.24, 2.45) is 0 Å². The van der Waals surface area contributed by atoms with Gasteiger partial charge in [0.1, 0.15) is 11.3 Å². The van der Waals surface area contributed by atoms with Crippen LogP contribution in [0, 0.1) is 0 Å². The Morgan fingerprint density at radius 1 is 1.12 bits per heavy atom. The predicted molar refractivity (Wildman–Crippen MR) is 92.5 cm³/mol. The highest BCUT2D eigenvalue weighted by atomic mass is 32.2. The van der Waals surface area contributed by atoms with Crippen molar-refractivity contribution in [3.63, 3.8) is 0 Å². The van der Waals surface area contributed by atoms with Gasteiger partial charge in [0.05, 0.1) is 13.1 Å². The van der Waals surface area contributed by atoms with Crippen LogP contribution in [0.5, 0.6) is 0 Å². The molecule has 0 radical (unpaired) electrons. The molecule has 0 bridgehead atoms. The van der Waals surface area contributed by atoms with Gasteiger partial charge in [-0.1, -0.05) is 30.3 Å². The monoisotopic (exact) mass is 345 g/mol. The molecular weight excluding hydrogens is 326 g/mol. The lowest BCUT2D eigenvalue weighted by Gasteiger charge is -2.13. The Bertz CT molecular complexity index is 936. The molecule has 0 aliphatic heterocycles. The van der Waals surface area contributed by atoms with Crippen LogP contribution in [0.4, 0.5) is 0 Å². The standard InChI is InChI=1S/C16H19N5O2S/c1-20(2)24(22,23)18-11-15-19-14-9-6-10-17-16(14)21(15)12-13-7-4-3-5-8-13/h3-10,18H,11-12H2,1-2H3. The van der Waals surface area contributed by atoms with Crippen LogP contribution < -0.4 is 4.72 Å². The molecule has 1 N–H and O–H groups in total. The van der Waals surface area contributed by atoms with Crippen molar-refractivity contribution in [3.8, 4) is 0 Å². The van der Waals surface area contributed by atoms with Gasteiger partial charge in [-0.15, -0.1) is 0 Å². The lowest BCUT2D eigenvalue weighted by Crippen LogP contribution is -2.35. The minimum atomic E-state index is -3.51. The lowest BCUT2D eigenvalue weighted by atomic mass is 10.2.